The van der Waals surface area contributed by atoms with Gasteiger partial charge in [-0.15, -0.1) is 11.8 Å². The highest BCUT2D eigenvalue weighted by molar-refractivity contribution is 8.01. The molecule has 6 heteroatoms. The van der Waals surface area contributed by atoms with Crippen LogP contribution in [0.1, 0.15) is 13.3 Å². The van der Waals surface area contributed by atoms with E-state index in [-0.39, 0.29) is 5.91 Å². The highest BCUT2D eigenvalue weighted by atomic mass is 32.2. The maximum absolute atomic E-state index is 13.6. The second-order valence-corrected chi connectivity index (χ2v) is 7.13. The van der Waals surface area contributed by atoms with E-state index in [2.05, 4.69) is 13.2 Å². The molecule has 0 radical (unpaired) electrons. The number of anilines is 1. The van der Waals surface area contributed by atoms with Gasteiger partial charge in [0.05, 0.1) is 5.69 Å². The maximum atomic E-state index is 13.6. The van der Waals surface area contributed by atoms with Gasteiger partial charge >= 0.3 is 5.97 Å². The highest BCUT2D eigenvalue weighted by Gasteiger charge is 2.44. The van der Waals surface area contributed by atoms with Crippen molar-refractivity contribution < 1.29 is 19.1 Å². The first-order chi connectivity index (χ1) is 11.3. The standard InChI is InChI=1S/C18H18FNO3S/c1-4-6-12(5-2)10-18(3)17(23)20(11-16(21)22)14-8-7-13(19)9-15(14)24-18/h4-9H,1-2,10-11H2,3H3,(H,21,22)/b12-6+. The highest BCUT2D eigenvalue weighted by Crippen LogP contribution is 2.48. The summed E-state index contributed by atoms with van der Waals surface area (Å²) in [6.45, 7) is 8.61. The number of thioether (sulfide) groups is 1. The van der Waals surface area contributed by atoms with Crippen molar-refractivity contribution in [3.05, 3.63) is 61.0 Å². The summed E-state index contributed by atoms with van der Waals surface area (Å²) in [7, 11) is 0. The Bertz CT molecular complexity index is 744. The Morgan fingerprint density at radius 3 is 2.75 bits per heavy atom. The van der Waals surface area contributed by atoms with Crippen molar-refractivity contribution in [2.75, 3.05) is 11.4 Å². The predicted octanol–water partition coefficient (Wildman–Crippen LogP) is 3.80. The lowest BCUT2D eigenvalue weighted by molar-refractivity contribution is -0.137. The molecule has 2 rings (SSSR count). The summed E-state index contributed by atoms with van der Waals surface area (Å²) in [5, 5.41) is 9.13. The van der Waals surface area contributed by atoms with Gasteiger partial charge in [-0.1, -0.05) is 31.4 Å². The second-order valence-electron chi connectivity index (χ2n) is 5.59. The first-order valence-electron chi connectivity index (χ1n) is 7.27. The Morgan fingerprint density at radius 1 is 1.46 bits per heavy atom. The number of carboxylic acids is 1. The zero-order valence-corrected chi connectivity index (χ0v) is 14.1. The zero-order chi connectivity index (χ0) is 17.9. The quantitative estimate of drug-likeness (QED) is 0.795. The summed E-state index contributed by atoms with van der Waals surface area (Å²) in [6, 6.07) is 3.98. The van der Waals surface area contributed by atoms with Crippen LogP contribution in [0.25, 0.3) is 0 Å². The van der Waals surface area contributed by atoms with Gasteiger partial charge in [0.1, 0.15) is 17.1 Å². The Kier molecular flexibility index (Phi) is 5.29. The van der Waals surface area contributed by atoms with Crippen LogP contribution in [0, 0.1) is 5.82 Å². The van der Waals surface area contributed by atoms with Crippen LogP contribution in [0.3, 0.4) is 0 Å². The molecule has 1 unspecified atom stereocenters. The minimum absolute atomic E-state index is 0.328. The fourth-order valence-corrected chi connectivity index (χ4v) is 3.99. The van der Waals surface area contributed by atoms with Crippen LogP contribution in [-0.2, 0) is 9.59 Å². The largest absolute Gasteiger partial charge is 0.480 e. The zero-order valence-electron chi connectivity index (χ0n) is 13.3. The molecule has 24 heavy (non-hydrogen) atoms. The Hall–Kier alpha value is -2.34. The lowest BCUT2D eigenvalue weighted by Gasteiger charge is -2.39. The van der Waals surface area contributed by atoms with E-state index >= 15 is 0 Å². The molecule has 1 aromatic rings. The summed E-state index contributed by atoms with van der Waals surface area (Å²) >= 11 is 1.23. The number of fused-ring (bicyclic) bond motifs is 1. The SMILES string of the molecule is C=C/C=C(\C=C)CC1(C)Sc2cc(F)ccc2N(CC(=O)O)C1=O. The van der Waals surface area contributed by atoms with Crippen LogP contribution in [0.5, 0.6) is 0 Å². The van der Waals surface area contributed by atoms with Crippen LogP contribution in [0.4, 0.5) is 10.1 Å². The third kappa shape index (κ3) is 3.59. The number of hydrogen-bond acceptors (Lipinski definition) is 3. The molecule has 126 valence electrons. The predicted molar refractivity (Wildman–Crippen MR) is 93.7 cm³/mol. The molecule has 0 aliphatic carbocycles. The Morgan fingerprint density at radius 2 is 2.17 bits per heavy atom. The number of hydrogen-bond donors (Lipinski definition) is 1. The molecule has 0 aromatic heterocycles. The van der Waals surface area contributed by atoms with E-state index in [1.54, 1.807) is 25.2 Å². The fourth-order valence-electron chi connectivity index (χ4n) is 2.62. The van der Waals surface area contributed by atoms with Gasteiger partial charge in [0.25, 0.3) is 0 Å². The molecule has 1 heterocycles. The number of aliphatic carboxylic acids is 1. The van der Waals surface area contributed by atoms with E-state index in [0.717, 1.165) is 5.57 Å². The number of benzene rings is 1. The molecule has 0 spiro atoms. The van der Waals surface area contributed by atoms with E-state index < -0.39 is 23.1 Å². The molecule has 1 aliphatic rings. The third-order valence-electron chi connectivity index (χ3n) is 3.67. The average Bonchev–Trinajstić information content (AvgIpc) is 2.51. The first-order valence-corrected chi connectivity index (χ1v) is 8.08. The van der Waals surface area contributed by atoms with Gasteiger partial charge in [-0.2, -0.15) is 0 Å². The summed E-state index contributed by atoms with van der Waals surface area (Å²) in [6.07, 6.45) is 5.30. The van der Waals surface area contributed by atoms with E-state index in [1.807, 2.05) is 0 Å². The number of carbonyl (C=O) groups is 2. The fraction of sp³-hybridized carbons (Fsp3) is 0.222. The maximum Gasteiger partial charge on any atom is 0.323 e. The third-order valence-corrected chi connectivity index (χ3v) is 4.99. The smallest absolute Gasteiger partial charge is 0.323 e. The van der Waals surface area contributed by atoms with Gasteiger partial charge in [-0.3, -0.25) is 14.5 Å². The van der Waals surface area contributed by atoms with Crippen molar-refractivity contribution >= 4 is 29.3 Å². The van der Waals surface area contributed by atoms with Crippen LogP contribution < -0.4 is 4.90 Å². The Balaban J connectivity index is 2.50. The lowest BCUT2D eigenvalue weighted by atomic mass is 9.97. The molecule has 1 atom stereocenters. The van der Waals surface area contributed by atoms with Crippen molar-refractivity contribution in [2.45, 2.75) is 23.0 Å². The Labute approximate surface area is 144 Å². The van der Waals surface area contributed by atoms with Crippen molar-refractivity contribution in [2.24, 2.45) is 0 Å². The molecule has 1 aliphatic heterocycles. The molecule has 4 nitrogen and oxygen atoms in total. The first kappa shape index (κ1) is 18.0. The summed E-state index contributed by atoms with van der Waals surface area (Å²) in [4.78, 5) is 25.9. The van der Waals surface area contributed by atoms with E-state index in [0.29, 0.717) is 17.0 Å². The van der Waals surface area contributed by atoms with Crippen LogP contribution >= 0.6 is 11.8 Å². The normalized spacial score (nSPS) is 20.5. The number of rotatable bonds is 6. The van der Waals surface area contributed by atoms with E-state index in [9.17, 15) is 14.0 Å². The second kappa shape index (κ2) is 7.05. The van der Waals surface area contributed by atoms with Gasteiger partial charge < -0.3 is 5.11 Å². The van der Waals surface area contributed by atoms with Crippen molar-refractivity contribution in [1.82, 2.24) is 0 Å². The summed E-state index contributed by atoms with van der Waals surface area (Å²) in [5.41, 5.74) is 1.21. The molecule has 0 fully saturated rings. The topological polar surface area (TPSA) is 57.6 Å². The number of halogens is 1. The number of carboxylic acid groups (broad SMARTS) is 1. The van der Waals surface area contributed by atoms with Gasteiger partial charge in [0.15, 0.2) is 0 Å². The van der Waals surface area contributed by atoms with Crippen LogP contribution in [0.15, 0.2) is 60.1 Å². The monoisotopic (exact) mass is 347 g/mol. The molecular formula is C18H18FNO3S. The van der Waals surface area contributed by atoms with Gasteiger partial charge in [0, 0.05) is 4.90 Å². The molecule has 1 N–H and O–H groups in total. The number of allylic oxidation sites excluding steroid dienone is 4. The van der Waals surface area contributed by atoms with Crippen LogP contribution in [0.2, 0.25) is 0 Å². The molecule has 0 saturated heterocycles. The number of carbonyl (C=O) groups excluding carboxylic acids is 1. The number of nitrogens with zero attached hydrogens (tertiary/aromatic N) is 1. The van der Waals surface area contributed by atoms with Gasteiger partial charge in [-0.05, 0) is 37.1 Å². The van der Waals surface area contributed by atoms with E-state index in [1.165, 1.54) is 34.9 Å². The molecule has 1 amide bonds. The lowest BCUT2D eigenvalue weighted by Crippen LogP contribution is -2.50. The molecular weight excluding hydrogens is 329 g/mol. The summed E-state index contributed by atoms with van der Waals surface area (Å²) in [5.74, 6) is -1.89. The molecule has 1 aromatic carbocycles. The van der Waals surface area contributed by atoms with Gasteiger partial charge in [-0.25, -0.2) is 4.39 Å². The van der Waals surface area contributed by atoms with Crippen LogP contribution in [-0.4, -0.2) is 28.3 Å². The average molecular weight is 347 g/mol. The van der Waals surface area contributed by atoms with Crippen molar-refractivity contribution in [3.8, 4) is 0 Å². The minimum Gasteiger partial charge on any atom is -0.480 e. The van der Waals surface area contributed by atoms with Crippen molar-refractivity contribution in [3.63, 3.8) is 0 Å². The molecule has 0 bridgehead atoms. The molecule has 0 saturated carbocycles. The van der Waals surface area contributed by atoms with Crippen molar-refractivity contribution in [1.29, 1.82) is 0 Å². The number of amides is 1. The summed E-state index contributed by atoms with van der Waals surface area (Å²) < 4.78 is 12.6. The van der Waals surface area contributed by atoms with E-state index in [4.69, 9.17) is 5.11 Å². The van der Waals surface area contributed by atoms with Gasteiger partial charge in [0.2, 0.25) is 5.91 Å². The minimum atomic E-state index is -1.13.